The fourth-order valence-electron chi connectivity index (χ4n) is 1.92. The van der Waals surface area contributed by atoms with Crippen LogP contribution in [0.5, 0.6) is 0 Å². The number of anilines is 1. The molecule has 1 aromatic heterocycles. The van der Waals surface area contributed by atoms with Gasteiger partial charge in [-0.25, -0.2) is 0 Å². The Balaban J connectivity index is 2.93. The van der Waals surface area contributed by atoms with Crippen LogP contribution >= 0.6 is 0 Å². The molecule has 1 rings (SSSR count). The van der Waals surface area contributed by atoms with Gasteiger partial charge in [0.1, 0.15) is 0 Å². The summed E-state index contributed by atoms with van der Waals surface area (Å²) < 4.78 is 0. The highest BCUT2D eigenvalue weighted by molar-refractivity contribution is 5.52. The van der Waals surface area contributed by atoms with Crippen molar-refractivity contribution in [2.75, 3.05) is 11.9 Å². The molecule has 3 nitrogen and oxygen atoms in total. The number of aromatic nitrogens is 1. The van der Waals surface area contributed by atoms with Gasteiger partial charge in [0.05, 0.1) is 6.61 Å². The maximum Gasteiger partial charge on any atom is 0.0717 e. The second kappa shape index (κ2) is 5.71. The Labute approximate surface area is 91.8 Å². The normalized spacial score (nSPS) is 10.7. The number of rotatable bonds is 5. The molecule has 0 radical (unpaired) electrons. The summed E-state index contributed by atoms with van der Waals surface area (Å²) in [5.41, 5.74) is 1.98. The average molecular weight is 208 g/mol. The van der Waals surface area contributed by atoms with E-state index >= 15 is 0 Å². The molecule has 0 spiro atoms. The first-order chi connectivity index (χ1) is 7.24. The molecule has 0 aliphatic heterocycles. The summed E-state index contributed by atoms with van der Waals surface area (Å²) in [6.45, 7) is 4.42. The van der Waals surface area contributed by atoms with Gasteiger partial charge in [0.25, 0.3) is 0 Å². The van der Waals surface area contributed by atoms with Gasteiger partial charge in [-0.1, -0.05) is 13.8 Å². The Hall–Kier alpha value is -1.09. The lowest BCUT2D eigenvalue weighted by molar-refractivity contribution is 0.281. The lowest BCUT2D eigenvalue weighted by Crippen LogP contribution is -2.31. The first-order valence-corrected chi connectivity index (χ1v) is 5.51. The summed E-state index contributed by atoms with van der Waals surface area (Å²) in [4.78, 5) is 6.25. The Morgan fingerprint density at radius 2 is 2.07 bits per heavy atom. The van der Waals surface area contributed by atoms with Gasteiger partial charge in [-0.3, -0.25) is 4.98 Å². The van der Waals surface area contributed by atoms with Crippen LogP contribution in [0.2, 0.25) is 0 Å². The number of nitrogens with zero attached hydrogens (tertiary/aromatic N) is 2. The van der Waals surface area contributed by atoms with Crippen molar-refractivity contribution < 1.29 is 5.11 Å². The van der Waals surface area contributed by atoms with Crippen molar-refractivity contribution in [2.24, 2.45) is 0 Å². The highest BCUT2D eigenvalue weighted by Crippen LogP contribution is 2.22. The maximum atomic E-state index is 9.23. The van der Waals surface area contributed by atoms with Gasteiger partial charge < -0.3 is 10.0 Å². The molecule has 0 aliphatic rings. The lowest BCUT2D eigenvalue weighted by atomic mass is 10.1. The van der Waals surface area contributed by atoms with E-state index < -0.39 is 0 Å². The summed E-state index contributed by atoms with van der Waals surface area (Å²) in [6, 6.07) is 2.49. The smallest absolute Gasteiger partial charge is 0.0717 e. The van der Waals surface area contributed by atoms with Crippen LogP contribution in [0.4, 0.5) is 5.69 Å². The standard InChI is InChI=1S/C12H20N2O/c1-4-11(5-2)14(3)12-6-7-13-8-10(12)9-15/h6-8,11,15H,4-5,9H2,1-3H3. The van der Waals surface area contributed by atoms with Gasteiger partial charge >= 0.3 is 0 Å². The van der Waals surface area contributed by atoms with Gasteiger partial charge in [-0.2, -0.15) is 0 Å². The minimum Gasteiger partial charge on any atom is -0.392 e. The predicted octanol–water partition coefficient (Wildman–Crippen LogP) is 2.20. The quantitative estimate of drug-likeness (QED) is 0.806. The number of aliphatic hydroxyl groups is 1. The molecule has 0 atom stereocenters. The van der Waals surface area contributed by atoms with Crippen LogP contribution in [0.25, 0.3) is 0 Å². The molecule has 0 saturated heterocycles. The van der Waals surface area contributed by atoms with Crippen molar-refractivity contribution in [1.29, 1.82) is 0 Å². The van der Waals surface area contributed by atoms with E-state index in [2.05, 4.69) is 30.8 Å². The molecule has 0 aromatic carbocycles. The van der Waals surface area contributed by atoms with E-state index in [1.165, 1.54) is 0 Å². The van der Waals surface area contributed by atoms with Crippen molar-refractivity contribution in [3.8, 4) is 0 Å². The van der Waals surface area contributed by atoms with Gasteiger partial charge in [0.15, 0.2) is 0 Å². The van der Waals surface area contributed by atoms with Crippen LogP contribution in [0.3, 0.4) is 0 Å². The lowest BCUT2D eigenvalue weighted by Gasteiger charge is -2.29. The van der Waals surface area contributed by atoms with E-state index in [1.807, 2.05) is 6.07 Å². The van der Waals surface area contributed by atoms with Crippen LogP contribution in [0.1, 0.15) is 32.3 Å². The molecule has 0 bridgehead atoms. The highest BCUT2D eigenvalue weighted by atomic mass is 16.3. The van der Waals surface area contributed by atoms with E-state index in [1.54, 1.807) is 12.4 Å². The SMILES string of the molecule is CCC(CC)N(C)c1ccncc1CO. The average Bonchev–Trinajstić information content (AvgIpc) is 2.30. The summed E-state index contributed by atoms with van der Waals surface area (Å²) in [7, 11) is 2.08. The minimum absolute atomic E-state index is 0.0493. The number of aliphatic hydroxyl groups excluding tert-OH is 1. The third-order valence-electron chi connectivity index (χ3n) is 2.92. The van der Waals surface area contributed by atoms with Gasteiger partial charge in [0, 0.05) is 36.7 Å². The summed E-state index contributed by atoms with van der Waals surface area (Å²) in [5.74, 6) is 0. The van der Waals surface area contributed by atoms with Crippen molar-refractivity contribution in [1.82, 2.24) is 4.98 Å². The second-order valence-corrected chi connectivity index (χ2v) is 3.74. The Kier molecular flexibility index (Phi) is 4.56. The third-order valence-corrected chi connectivity index (χ3v) is 2.92. The minimum atomic E-state index is 0.0493. The fourth-order valence-corrected chi connectivity index (χ4v) is 1.92. The predicted molar refractivity (Wildman–Crippen MR) is 62.9 cm³/mol. The first kappa shape index (κ1) is 12.0. The number of hydrogen-bond acceptors (Lipinski definition) is 3. The molecule has 1 heterocycles. The van der Waals surface area contributed by atoms with E-state index in [0.29, 0.717) is 6.04 Å². The Morgan fingerprint density at radius 3 is 2.60 bits per heavy atom. The number of pyridine rings is 1. The van der Waals surface area contributed by atoms with Crippen molar-refractivity contribution in [3.63, 3.8) is 0 Å². The maximum absolute atomic E-state index is 9.23. The van der Waals surface area contributed by atoms with Gasteiger partial charge in [-0.15, -0.1) is 0 Å². The molecule has 0 saturated carbocycles. The summed E-state index contributed by atoms with van der Waals surface area (Å²) in [6.07, 6.45) is 5.72. The van der Waals surface area contributed by atoms with E-state index in [9.17, 15) is 5.11 Å². The van der Waals surface area contributed by atoms with Crippen molar-refractivity contribution >= 4 is 5.69 Å². The first-order valence-electron chi connectivity index (χ1n) is 5.51. The van der Waals surface area contributed by atoms with Crippen LogP contribution in [0.15, 0.2) is 18.5 Å². The molecular formula is C12H20N2O. The van der Waals surface area contributed by atoms with Crippen LogP contribution in [0, 0.1) is 0 Å². The fraction of sp³-hybridized carbons (Fsp3) is 0.583. The number of hydrogen-bond donors (Lipinski definition) is 1. The zero-order valence-corrected chi connectivity index (χ0v) is 9.77. The van der Waals surface area contributed by atoms with Crippen LogP contribution < -0.4 is 4.90 Å². The molecule has 1 aromatic rings. The molecule has 0 fully saturated rings. The third kappa shape index (κ3) is 2.69. The molecule has 15 heavy (non-hydrogen) atoms. The van der Waals surface area contributed by atoms with Crippen molar-refractivity contribution in [3.05, 3.63) is 24.0 Å². The largest absolute Gasteiger partial charge is 0.392 e. The molecule has 0 aliphatic carbocycles. The Morgan fingerprint density at radius 1 is 1.40 bits per heavy atom. The zero-order valence-electron chi connectivity index (χ0n) is 9.77. The van der Waals surface area contributed by atoms with Crippen LogP contribution in [-0.2, 0) is 6.61 Å². The summed E-state index contributed by atoms with van der Waals surface area (Å²) in [5, 5.41) is 9.23. The zero-order chi connectivity index (χ0) is 11.3. The molecular weight excluding hydrogens is 188 g/mol. The van der Waals surface area contributed by atoms with Crippen molar-refractivity contribution in [2.45, 2.75) is 39.3 Å². The summed E-state index contributed by atoms with van der Waals surface area (Å²) >= 11 is 0. The molecule has 0 unspecified atom stereocenters. The molecule has 1 N–H and O–H groups in total. The molecule has 84 valence electrons. The topological polar surface area (TPSA) is 36.4 Å². The molecule has 3 heteroatoms. The highest BCUT2D eigenvalue weighted by Gasteiger charge is 2.13. The van der Waals surface area contributed by atoms with E-state index in [-0.39, 0.29) is 6.61 Å². The van der Waals surface area contributed by atoms with Crippen LogP contribution in [-0.4, -0.2) is 23.2 Å². The Bertz CT molecular complexity index is 297. The second-order valence-electron chi connectivity index (χ2n) is 3.74. The van der Waals surface area contributed by atoms with Gasteiger partial charge in [-0.05, 0) is 18.9 Å². The van der Waals surface area contributed by atoms with Gasteiger partial charge in [0.2, 0.25) is 0 Å². The molecule has 0 amide bonds. The monoisotopic (exact) mass is 208 g/mol. The van der Waals surface area contributed by atoms with E-state index in [4.69, 9.17) is 0 Å². The van der Waals surface area contributed by atoms with E-state index in [0.717, 1.165) is 24.1 Å².